The van der Waals surface area contributed by atoms with Gasteiger partial charge in [-0.25, -0.2) is 0 Å². The van der Waals surface area contributed by atoms with Gasteiger partial charge < -0.3 is 10.1 Å². The van der Waals surface area contributed by atoms with E-state index in [9.17, 15) is 8.78 Å². The molecule has 0 aliphatic rings. The molecule has 2 aromatic rings. The first-order chi connectivity index (χ1) is 10.1. The maximum absolute atomic E-state index is 12.3. The molecule has 1 unspecified atom stereocenters. The molecule has 2 rings (SSSR count). The lowest BCUT2D eigenvalue weighted by molar-refractivity contribution is -0.0499. The molecule has 4 nitrogen and oxygen atoms in total. The molecule has 1 aromatic heterocycles. The van der Waals surface area contributed by atoms with Gasteiger partial charge in [-0.05, 0) is 43.7 Å². The molecule has 0 aliphatic carbocycles. The highest BCUT2D eigenvalue weighted by Crippen LogP contribution is 2.23. The second kappa shape index (κ2) is 7.17. The highest BCUT2D eigenvalue weighted by atomic mass is 19.3. The van der Waals surface area contributed by atoms with E-state index in [0.717, 1.165) is 24.1 Å². The van der Waals surface area contributed by atoms with E-state index in [4.69, 9.17) is 0 Å². The standard InChI is InChI=1S/C15H19F2N3O/c1-3-20-10-11(9-19-20)7-14(18-2)12-5-4-6-13(8-12)21-15(16)17/h4-6,8-10,14-15,18H,3,7H2,1-2H3. The number of aromatic nitrogens is 2. The molecule has 1 heterocycles. The molecule has 0 fully saturated rings. The van der Waals surface area contributed by atoms with Gasteiger partial charge >= 0.3 is 6.61 Å². The molecule has 114 valence electrons. The van der Waals surface area contributed by atoms with Gasteiger partial charge in [0.25, 0.3) is 0 Å². The number of alkyl halides is 2. The van der Waals surface area contributed by atoms with Crippen LogP contribution in [-0.2, 0) is 13.0 Å². The van der Waals surface area contributed by atoms with Gasteiger partial charge in [-0.15, -0.1) is 0 Å². The highest BCUT2D eigenvalue weighted by molar-refractivity contribution is 5.31. The quantitative estimate of drug-likeness (QED) is 0.853. The van der Waals surface area contributed by atoms with Crippen molar-refractivity contribution in [3.63, 3.8) is 0 Å². The molecule has 1 N–H and O–H groups in total. The van der Waals surface area contributed by atoms with Crippen molar-refractivity contribution in [2.75, 3.05) is 7.05 Å². The van der Waals surface area contributed by atoms with Crippen LogP contribution in [0.4, 0.5) is 8.78 Å². The number of benzene rings is 1. The van der Waals surface area contributed by atoms with E-state index in [2.05, 4.69) is 15.2 Å². The number of nitrogens with zero attached hydrogens (tertiary/aromatic N) is 2. The van der Waals surface area contributed by atoms with Crippen molar-refractivity contribution in [2.45, 2.75) is 32.5 Å². The Bertz CT molecular complexity index is 572. The summed E-state index contributed by atoms with van der Waals surface area (Å²) in [7, 11) is 1.84. The van der Waals surface area contributed by atoms with Crippen LogP contribution in [0.3, 0.4) is 0 Å². The first-order valence-electron chi connectivity index (χ1n) is 6.85. The van der Waals surface area contributed by atoms with Crippen LogP contribution < -0.4 is 10.1 Å². The second-order valence-corrected chi connectivity index (χ2v) is 4.70. The number of ether oxygens (including phenoxy) is 1. The minimum absolute atomic E-state index is 0.0146. The average molecular weight is 295 g/mol. The van der Waals surface area contributed by atoms with Crippen molar-refractivity contribution in [2.24, 2.45) is 0 Å². The van der Waals surface area contributed by atoms with Crippen LogP contribution in [0.15, 0.2) is 36.7 Å². The van der Waals surface area contributed by atoms with Crippen LogP contribution in [0.25, 0.3) is 0 Å². The lowest BCUT2D eigenvalue weighted by atomic mass is 10.0. The number of halogens is 2. The smallest absolute Gasteiger partial charge is 0.387 e. The molecule has 0 amide bonds. The average Bonchev–Trinajstić information content (AvgIpc) is 2.92. The van der Waals surface area contributed by atoms with E-state index in [0.29, 0.717) is 0 Å². The Morgan fingerprint density at radius 1 is 1.38 bits per heavy atom. The van der Waals surface area contributed by atoms with E-state index in [1.807, 2.05) is 37.1 Å². The Hall–Kier alpha value is -1.95. The second-order valence-electron chi connectivity index (χ2n) is 4.70. The Kier molecular flexibility index (Phi) is 5.27. The molecule has 0 spiro atoms. The summed E-state index contributed by atoms with van der Waals surface area (Å²) >= 11 is 0. The van der Waals surface area contributed by atoms with E-state index >= 15 is 0 Å². The van der Waals surface area contributed by atoms with Gasteiger partial charge in [0, 0.05) is 18.8 Å². The molecule has 6 heteroatoms. The fourth-order valence-electron chi connectivity index (χ4n) is 2.21. The number of aryl methyl sites for hydroxylation is 1. The zero-order chi connectivity index (χ0) is 15.2. The van der Waals surface area contributed by atoms with Gasteiger partial charge in [-0.2, -0.15) is 13.9 Å². The van der Waals surface area contributed by atoms with Crippen LogP contribution >= 0.6 is 0 Å². The van der Waals surface area contributed by atoms with Crippen LogP contribution in [0, 0.1) is 0 Å². The fraction of sp³-hybridized carbons (Fsp3) is 0.400. The van der Waals surface area contributed by atoms with Gasteiger partial charge in [0.1, 0.15) is 5.75 Å². The number of likely N-dealkylation sites (N-methyl/N-ethyl adjacent to an activating group) is 1. The highest BCUT2D eigenvalue weighted by Gasteiger charge is 2.13. The lowest BCUT2D eigenvalue weighted by Gasteiger charge is -2.17. The number of hydrogen-bond acceptors (Lipinski definition) is 3. The Labute approximate surface area is 122 Å². The van der Waals surface area contributed by atoms with Gasteiger partial charge in [-0.1, -0.05) is 12.1 Å². The first-order valence-corrected chi connectivity index (χ1v) is 6.85. The van der Waals surface area contributed by atoms with Crippen molar-refractivity contribution in [3.8, 4) is 5.75 Å². The van der Waals surface area contributed by atoms with Crippen molar-refractivity contribution in [1.29, 1.82) is 0 Å². The predicted octanol–water partition coefficient (Wildman–Crippen LogP) is 3.01. The molecule has 1 atom stereocenters. The normalized spacial score (nSPS) is 12.6. The van der Waals surface area contributed by atoms with E-state index < -0.39 is 6.61 Å². The lowest BCUT2D eigenvalue weighted by Crippen LogP contribution is -2.18. The Morgan fingerprint density at radius 2 is 2.19 bits per heavy atom. The minimum Gasteiger partial charge on any atom is -0.435 e. The molecule has 1 aromatic carbocycles. The number of hydrogen-bond donors (Lipinski definition) is 1. The largest absolute Gasteiger partial charge is 0.435 e. The molecule has 0 radical (unpaired) electrons. The maximum Gasteiger partial charge on any atom is 0.387 e. The van der Waals surface area contributed by atoms with Crippen LogP contribution in [0.2, 0.25) is 0 Å². The van der Waals surface area contributed by atoms with Gasteiger partial charge in [-0.3, -0.25) is 4.68 Å². The minimum atomic E-state index is -2.81. The van der Waals surface area contributed by atoms with Crippen LogP contribution in [0.1, 0.15) is 24.1 Å². The summed E-state index contributed by atoms with van der Waals surface area (Å²) in [5.74, 6) is 0.173. The Morgan fingerprint density at radius 3 is 2.81 bits per heavy atom. The van der Waals surface area contributed by atoms with Crippen molar-refractivity contribution >= 4 is 0 Å². The summed E-state index contributed by atoms with van der Waals surface area (Å²) in [4.78, 5) is 0. The van der Waals surface area contributed by atoms with E-state index in [1.165, 1.54) is 6.07 Å². The molecule has 0 bridgehead atoms. The third kappa shape index (κ3) is 4.26. The number of rotatable bonds is 7. The monoisotopic (exact) mass is 295 g/mol. The first kappa shape index (κ1) is 15.4. The molecule has 21 heavy (non-hydrogen) atoms. The summed E-state index contributed by atoms with van der Waals surface area (Å²) in [5, 5.41) is 7.43. The summed E-state index contributed by atoms with van der Waals surface area (Å²) < 4.78 is 30.9. The van der Waals surface area contributed by atoms with Gasteiger partial charge in [0.15, 0.2) is 0 Å². The number of nitrogens with one attached hydrogen (secondary N) is 1. The molecular weight excluding hydrogens is 276 g/mol. The van der Waals surface area contributed by atoms with E-state index in [-0.39, 0.29) is 11.8 Å². The van der Waals surface area contributed by atoms with Crippen molar-refractivity contribution < 1.29 is 13.5 Å². The fourth-order valence-corrected chi connectivity index (χ4v) is 2.21. The van der Waals surface area contributed by atoms with Gasteiger partial charge in [0.05, 0.1) is 6.20 Å². The molecule has 0 aliphatic heterocycles. The maximum atomic E-state index is 12.3. The van der Waals surface area contributed by atoms with Crippen molar-refractivity contribution in [1.82, 2.24) is 15.1 Å². The molecule has 0 saturated carbocycles. The summed E-state index contributed by atoms with van der Waals surface area (Å²) in [6, 6.07) is 6.78. The predicted molar refractivity (Wildman–Crippen MR) is 76.5 cm³/mol. The van der Waals surface area contributed by atoms with Crippen LogP contribution in [0.5, 0.6) is 5.75 Å². The third-order valence-corrected chi connectivity index (χ3v) is 3.28. The van der Waals surface area contributed by atoms with E-state index in [1.54, 1.807) is 12.1 Å². The van der Waals surface area contributed by atoms with Gasteiger partial charge in [0.2, 0.25) is 0 Å². The third-order valence-electron chi connectivity index (χ3n) is 3.28. The molecular formula is C15H19F2N3O. The summed E-state index contributed by atoms with van der Waals surface area (Å²) in [6.45, 7) is 0.0375. The van der Waals surface area contributed by atoms with Crippen molar-refractivity contribution in [3.05, 3.63) is 47.8 Å². The topological polar surface area (TPSA) is 39.1 Å². The molecule has 0 saturated heterocycles. The zero-order valence-corrected chi connectivity index (χ0v) is 12.1. The Balaban J connectivity index is 2.12. The van der Waals surface area contributed by atoms with Crippen LogP contribution in [-0.4, -0.2) is 23.4 Å². The SMILES string of the molecule is CCn1cc(CC(NC)c2cccc(OC(F)F)c2)cn1. The summed E-state index contributed by atoms with van der Waals surface area (Å²) in [6.07, 6.45) is 4.55. The summed E-state index contributed by atoms with van der Waals surface area (Å²) in [5.41, 5.74) is 2.00. The zero-order valence-electron chi connectivity index (χ0n) is 12.1.